The van der Waals surface area contributed by atoms with Gasteiger partial charge in [0, 0.05) is 13.2 Å². The standard InChI is InChI=1S/C22H31NOSi/c1-5-6-17-23-18-19-24-25(22(2,3)4,20-13-9-7-10-14-20)21-15-11-8-12-16-21/h5,7-16,23H,1,6,17-19H2,2-4H3. The number of nitrogens with one attached hydrogen (secondary N) is 1. The van der Waals surface area contributed by atoms with Gasteiger partial charge in [0.1, 0.15) is 0 Å². The first-order valence-electron chi connectivity index (χ1n) is 9.09. The van der Waals surface area contributed by atoms with Gasteiger partial charge in [-0.05, 0) is 28.4 Å². The fourth-order valence-electron chi connectivity index (χ4n) is 3.37. The molecule has 0 saturated heterocycles. The average Bonchev–Trinajstić information content (AvgIpc) is 2.62. The van der Waals surface area contributed by atoms with Gasteiger partial charge in [-0.3, -0.25) is 0 Å². The number of benzene rings is 2. The van der Waals surface area contributed by atoms with Crippen LogP contribution in [0.15, 0.2) is 73.3 Å². The number of hydrogen-bond donors (Lipinski definition) is 1. The Balaban J connectivity index is 2.34. The van der Waals surface area contributed by atoms with Crippen LogP contribution >= 0.6 is 0 Å². The number of rotatable bonds is 9. The molecule has 0 amide bonds. The fourth-order valence-corrected chi connectivity index (χ4v) is 7.93. The van der Waals surface area contributed by atoms with Crippen molar-refractivity contribution in [1.29, 1.82) is 0 Å². The lowest BCUT2D eigenvalue weighted by Gasteiger charge is -2.43. The molecule has 0 aliphatic heterocycles. The third kappa shape index (κ3) is 4.69. The molecule has 0 radical (unpaired) electrons. The first kappa shape index (κ1) is 19.6. The lowest BCUT2D eigenvalue weighted by atomic mass is 10.2. The van der Waals surface area contributed by atoms with Gasteiger partial charge in [0.2, 0.25) is 0 Å². The van der Waals surface area contributed by atoms with Crippen molar-refractivity contribution in [2.75, 3.05) is 19.7 Å². The summed E-state index contributed by atoms with van der Waals surface area (Å²) in [6, 6.07) is 21.6. The molecule has 0 fully saturated rings. The second-order valence-electron chi connectivity index (χ2n) is 7.34. The van der Waals surface area contributed by atoms with Gasteiger partial charge >= 0.3 is 0 Å². The molecule has 0 heterocycles. The van der Waals surface area contributed by atoms with E-state index < -0.39 is 8.32 Å². The molecular formula is C22H31NOSi. The van der Waals surface area contributed by atoms with E-state index in [-0.39, 0.29) is 5.04 Å². The zero-order chi connectivity index (χ0) is 18.2. The highest BCUT2D eigenvalue weighted by atomic mass is 28.4. The minimum absolute atomic E-state index is 0.0385. The summed E-state index contributed by atoms with van der Waals surface area (Å²) in [7, 11) is -2.38. The second kappa shape index (κ2) is 9.14. The summed E-state index contributed by atoms with van der Waals surface area (Å²) >= 11 is 0. The van der Waals surface area contributed by atoms with E-state index in [0.29, 0.717) is 6.61 Å². The second-order valence-corrected chi connectivity index (χ2v) is 11.6. The van der Waals surface area contributed by atoms with Crippen LogP contribution in [0.4, 0.5) is 0 Å². The predicted octanol–water partition coefficient (Wildman–Crippen LogP) is 3.73. The molecule has 0 aromatic heterocycles. The monoisotopic (exact) mass is 353 g/mol. The zero-order valence-corrected chi connectivity index (χ0v) is 16.8. The maximum absolute atomic E-state index is 6.80. The highest BCUT2D eigenvalue weighted by Gasteiger charge is 2.49. The molecule has 134 valence electrons. The van der Waals surface area contributed by atoms with E-state index >= 15 is 0 Å². The molecule has 0 spiro atoms. The van der Waals surface area contributed by atoms with Crippen molar-refractivity contribution in [3.8, 4) is 0 Å². The Kier molecular flexibility index (Phi) is 7.18. The topological polar surface area (TPSA) is 21.3 Å². The van der Waals surface area contributed by atoms with Gasteiger partial charge in [-0.1, -0.05) is 87.5 Å². The third-order valence-electron chi connectivity index (χ3n) is 4.54. The van der Waals surface area contributed by atoms with Crippen molar-refractivity contribution in [2.45, 2.75) is 32.2 Å². The smallest absolute Gasteiger partial charge is 0.261 e. The Morgan fingerprint density at radius 1 is 0.920 bits per heavy atom. The van der Waals surface area contributed by atoms with Crippen LogP contribution in [-0.4, -0.2) is 28.0 Å². The Morgan fingerprint density at radius 2 is 1.44 bits per heavy atom. The third-order valence-corrected chi connectivity index (χ3v) is 9.58. The molecule has 0 bridgehead atoms. The largest absolute Gasteiger partial charge is 0.406 e. The summed E-state index contributed by atoms with van der Waals surface area (Å²) < 4.78 is 6.80. The summed E-state index contributed by atoms with van der Waals surface area (Å²) in [5, 5.41) is 6.14. The summed E-state index contributed by atoms with van der Waals surface area (Å²) in [6.07, 6.45) is 2.93. The summed E-state index contributed by atoms with van der Waals surface area (Å²) in [6.45, 7) is 13.2. The zero-order valence-electron chi connectivity index (χ0n) is 15.8. The van der Waals surface area contributed by atoms with Gasteiger partial charge in [-0.15, -0.1) is 6.58 Å². The van der Waals surface area contributed by atoms with Crippen molar-refractivity contribution >= 4 is 18.7 Å². The first-order valence-corrected chi connectivity index (χ1v) is 11.0. The molecule has 0 aliphatic rings. The van der Waals surface area contributed by atoms with Crippen molar-refractivity contribution in [3.05, 3.63) is 73.3 Å². The minimum atomic E-state index is -2.38. The highest BCUT2D eigenvalue weighted by molar-refractivity contribution is 6.99. The van der Waals surface area contributed by atoms with E-state index in [0.717, 1.165) is 19.5 Å². The Hall–Kier alpha value is -1.68. The van der Waals surface area contributed by atoms with Crippen molar-refractivity contribution in [1.82, 2.24) is 5.32 Å². The molecule has 0 aliphatic carbocycles. The molecule has 3 heteroatoms. The maximum Gasteiger partial charge on any atom is 0.261 e. The first-order chi connectivity index (χ1) is 12.0. The maximum atomic E-state index is 6.80. The van der Waals surface area contributed by atoms with Crippen LogP contribution in [0.5, 0.6) is 0 Å². The van der Waals surface area contributed by atoms with Crippen LogP contribution in [0.2, 0.25) is 5.04 Å². The quantitative estimate of drug-likeness (QED) is 0.421. The van der Waals surface area contributed by atoms with Crippen LogP contribution in [-0.2, 0) is 4.43 Å². The van der Waals surface area contributed by atoms with E-state index in [4.69, 9.17) is 4.43 Å². The minimum Gasteiger partial charge on any atom is -0.406 e. The van der Waals surface area contributed by atoms with Gasteiger partial charge in [0.15, 0.2) is 0 Å². The SMILES string of the molecule is C=CCCNCCO[Si](c1ccccc1)(c1ccccc1)C(C)(C)C. The molecule has 1 N–H and O–H groups in total. The molecule has 2 aromatic rings. The number of hydrogen-bond acceptors (Lipinski definition) is 2. The Labute approximate surface area is 154 Å². The Morgan fingerprint density at radius 3 is 1.88 bits per heavy atom. The van der Waals surface area contributed by atoms with E-state index in [1.165, 1.54) is 10.4 Å². The van der Waals surface area contributed by atoms with Gasteiger partial charge in [0.25, 0.3) is 8.32 Å². The summed E-state index contributed by atoms with van der Waals surface area (Å²) in [5.41, 5.74) is 0. The summed E-state index contributed by atoms with van der Waals surface area (Å²) in [5.74, 6) is 0. The lowest BCUT2D eigenvalue weighted by Crippen LogP contribution is -2.67. The molecule has 2 rings (SSSR count). The van der Waals surface area contributed by atoms with Crippen molar-refractivity contribution in [3.63, 3.8) is 0 Å². The average molecular weight is 354 g/mol. The van der Waals surface area contributed by atoms with Crippen LogP contribution < -0.4 is 15.7 Å². The predicted molar refractivity (Wildman–Crippen MR) is 111 cm³/mol. The van der Waals surface area contributed by atoms with E-state index in [1.54, 1.807) is 0 Å². The Bertz CT molecular complexity index is 595. The van der Waals surface area contributed by atoms with Crippen molar-refractivity contribution < 1.29 is 4.43 Å². The highest BCUT2D eigenvalue weighted by Crippen LogP contribution is 2.36. The fraction of sp³-hybridized carbons (Fsp3) is 0.364. The molecular weight excluding hydrogens is 322 g/mol. The van der Waals surface area contributed by atoms with Crippen LogP contribution in [0, 0.1) is 0 Å². The van der Waals surface area contributed by atoms with Crippen LogP contribution in [0.25, 0.3) is 0 Å². The van der Waals surface area contributed by atoms with Crippen molar-refractivity contribution in [2.24, 2.45) is 0 Å². The molecule has 0 atom stereocenters. The summed E-state index contributed by atoms with van der Waals surface area (Å²) in [4.78, 5) is 0. The van der Waals surface area contributed by atoms with E-state index in [1.807, 2.05) is 6.08 Å². The molecule has 0 unspecified atom stereocenters. The van der Waals surface area contributed by atoms with Gasteiger partial charge in [0.05, 0.1) is 0 Å². The molecule has 2 aromatic carbocycles. The van der Waals surface area contributed by atoms with Gasteiger partial charge < -0.3 is 9.74 Å². The molecule has 25 heavy (non-hydrogen) atoms. The van der Waals surface area contributed by atoms with Crippen LogP contribution in [0.1, 0.15) is 27.2 Å². The van der Waals surface area contributed by atoms with E-state index in [2.05, 4.69) is 93.3 Å². The van der Waals surface area contributed by atoms with Gasteiger partial charge in [-0.2, -0.15) is 0 Å². The van der Waals surface area contributed by atoms with Crippen LogP contribution in [0.3, 0.4) is 0 Å². The molecule has 2 nitrogen and oxygen atoms in total. The van der Waals surface area contributed by atoms with E-state index in [9.17, 15) is 0 Å². The normalized spacial score (nSPS) is 12.1. The molecule has 0 saturated carbocycles. The van der Waals surface area contributed by atoms with Gasteiger partial charge in [-0.25, -0.2) is 0 Å². The lowest BCUT2D eigenvalue weighted by molar-refractivity contribution is 0.296.